The summed E-state index contributed by atoms with van der Waals surface area (Å²) in [5, 5.41) is 2.08. The van der Waals surface area contributed by atoms with Crippen molar-refractivity contribution in [3.63, 3.8) is 0 Å². The van der Waals surface area contributed by atoms with Crippen molar-refractivity contribution in [3.8, 4) is 0 Å². The van der Waals surface area contributed by atoms with Crippen LogP contribution < -0.4 is 0 Å². The number of rotatable bonds is 3. The van der Waals surface area contributed by atoms with Crippen molar-refractivity contribution in [1.82, 2.24) is 0 Å². The van der Waals surface area contributed by atoms with Crippen molar-refractivity contribution in [2.45, 2.75) is 12.8 Å². The molecule has 3 heteroatoms. The molecule has 1 aromatic rings. The van der Waals surface area contributed by atoms with Gasteiger partial charge in [0.1, 0.15) is 0 Å². The predicted molar refractivity (Wildman–Crippen MR) is 48.4 cm³/mol. The Morgan fingerprint density at radius 1 is 1.50 bits per heavy atom. The van der Waals surface area contributed by atoms with Gasteiger partial charge in [-0.3, -0.25) is 0 Å². The van der Waals surface area contributed by atoms with Crippen LogP contribution in [0.15, 0.2) is 11.4 Å². The van der Waals surface area contributed by atoms with E-state index in [1.54, 1.807) is 11.3 Å². The summed E-state index contributed by atoms with van der Waals surface area (Å²) in [4.78, 5) is 0. The first kappa shape index (κ1) is 8.38. The molecule has 0 bridgehead atoms. The lowest BCUT2D eigenvalue weighted by atomic mass is 10.2. The van der Waals surface area contributed by atoms with Crippen LogP contribution in [0, 0.1) is 0 Å². The van der Waals surface area contributed by atoms with Gasteiger partial charge in [0.2, 0.25) is 0 Å². The van der Waals surface area contributed by atoms with Crippen LogP contribution in [0.3, 0.4) is 0 Å². The van der Waals surface area contributed by atoms with Crippen molar-refractivity contribution in [2.24, 2.45) is 0 Å². The largest absolute Gasteiger partial charge is 0.132 e. The van der Waals surface area contributed by atoms with Gasteiger partial charge in [0.25, 0.3) is 0 Å². The first-order valence-electron chi connectivity index (χ1n) is 3.12. The Hall–Kier alpha value is 0.280. The molecule has 0 aliphatic heterocycles. The first-order chi connectivity index (χ1) is 4.83. The predicted octanol–water partition coefficient (Wildman–Crippen LogP) is 3.57. The third-order valence-electron chi connectivity index (χ3n) is 1.22. The van der Waals surface area contributed by atoms with Gasteiger partial charge in [-0.2, -0.15) is 0 Å². The normalized spacial score (nSPS) is 10.2. The van der Waals surface area contributed by atoms with E-state index in [0.717, 1.165) is 23.1 Å². The lowest BCUT2D eigenvalue weighted by Gasteiger charge is -1.89. The van der Waals surface area contributed by atoms with Crippen LogP contribution in [0.1, 0.15) is 12.0 Å². The summed E-state index contributed by atoms with van der Waals surface area (Å²) in [6.45, 7) is 0. The van der Waals surface area contributed by atoms with Gasteiger partial charge in [0.05, 0.1) is 4.34 Å². The molecule has 0 N–H and O–H groups in total. The summed E-state index contributed by atoms with van der Waals surface area (Å²) >= 11 is 12.8. The molecular weight excluding hydrogens is 187 g/mol. The van der Waals surface area contributed by atoms with E-state index in [9.17, 15) is 0 Å². The molecule has 1 heterocycles. The standard InChI is InChI=1S/C7H8Cl2S/c8-3-1-2-6-4-7(9)10-5-6/h4-5H,1-3H2. The van der Waals surface area contributed by atoms with Crippen LogP contribution >= 0.6 is 34.5 Å². The highest BCUT2D eigenvalue weighted by Crippen LogP contribution is 2.20. The second kappa shape index (κ2) is 4.22. The molecule has 0 saturated heterocycles. The molecule has 0 aromatic carbocycles. The van der Waals surface area contributed by atoms with E-state index in [1.807, 2.05) is 6.07 Å². The molecule has 0 amide bonds. The summed E-state index contributed by atoms with van der Waals surface area (Å²) in [6, 6.07) is 2.00. The van der Waals surface area contributed by atoms with E-state index >= 15 is 0 Å². The lowest BCUT2D eigenvalue weighted by Crippen LogP contribution is -1.80. The van der Waals surface area contributed by atoms with E-state index in [1.165, 1.54) is 5.56 Å². The molecule has 0 aliphatic rings. The van der Waals surface area contributed by atoms with E-state index in [0.29, 0.717) is 0 Å². The van der Waals surface area contributed by atoms with Crippen LogP contribution in [0.25, 0.3) is 0 Å². The SMILES string of the molecule is ClCCCc1csc(Cl)c1. The van der Waals surface area contributed by atoms with E-state index < -0.39 is 0 Å². The van der Waals surface area contributed by atoms with Gasteiger partial charge in [0.15, 0.2) is 0 Å². The maximum absolute atomic E-state index is 5.72. The Labute approximate surface area is 74.8 Å². The Bertz CT molecular complexity index is 195. The summed E-state index contributed by atoms with van der Waals surface area (Å²) in [5.41, 5.74) is 1.30. The second-order valence-corrected chi connectivity index (χ2v) is 3.97. The van der Waals surface area contributed by atoms with Crippen molar-refractivity contribution in [1.29, 1.82) is 0 Å². The third kappa shape index (κ3) is 2.49. The summed E-state index contributed by atoms with van der Waals surface area (Å²) in [6.07, 6.45) is 2.08. The highest BCUT2D eigenvalue weighted by molar-refractivity contribution is 7.14. The average Bonchev–Trinajstić information content (AvgIpc) is 2.31. The zero-order valence-electron chi connectivity index (χ0n) is 5.44. The van der Waals surface area contributed by atoms with Gasteiger partial charge in [-0.25, -0.2) is 0 Å². The van der Waals surface area contributed by atoms with Gasteiger partial charge in [-0.05, 0) is 29.9 Å². The van der Waals surface area contributed by atoms with Crippen LogP contribution in [-0.4, -0.2) is 5.88 Å². The topological polar surface area (TPSA) is 0 Å². The molecule has 0 radical (unpaired) electrons. The van der Waals surface area contributed by atoms with Gasteiger partial charge < -0.3 is 0 Å². The molecule has 0 aliphatic carbocycles. The van der Waals surface area contributed by atoms with Crippen molar-refractivity contribution in [3.05, 3.63) is 21.3 Å². The van der Waals surface area contributed by atoms with Crippen LogP contribution in [0.5, 0.6) is 0 Å². The fourth-order valence-electron chi connectivity index (χ4n) is 0.748. The van der Waals surface area contributed by atoms with Crippen molar-refractivity contribution < 1.29 is 0 Å². The second-order valence-electron chi connectivity index (χ2n) is 2.05. The highest BCUT2D eigenvalue weighted by atomic mass is 35.5. The summed E-state index contributed by atoms with van der Waals surface area (Å²) in [7, 11) is 0. The monoisotopic (exact) mass is 194 g/mol. The zero-order chi connectivity index (χ0) is 7.40. The maximum atomic E-state index is 5.72. The fraction of sp³-hybridized carbons (Fsp3) is 0.429. The van der Waals surface area contributed by atoms with Crippen LogP contribution in [0.2, 0.25) is 4.34 Å². The molecule has 10 heavy (non-hydrogen) atoms. The number of aryl methyl sites for hydroxylation is 1. The number of halogens is 2. The Morgan fingerprint density at radius 2 is 2.30 bits per heavy atom. The summed E-state index contributed by atoms with van der Waals surface area (Å²) < 4.78 is 0.865. The summed E-state index contributed by atoms with van der Waals surface area (Å²) in [5.74, 6) is 0.730. The average molecular weight is 195 g/mol. The molecule has 1 aromatic heterocycles. The minimum Gasteiger partial charge on any atom is -0.132 e. The molecular formula is C7H8Cl2S. The number of hydrogen-bond donors (Lipinski definition) is 0. The molecule has 56 valence electrons. The van der Waals surface area contributed by atoms with Gasteiger partial charge in [-0.1, -0.05) is 11.6 Å². The Morgan fingerprint density at radius 3 is 2.80 bits per heavy atom. The van der Waals surface area contributed by atoms with Gasteiger partial charge in [-0.15, -0.1) is 22.9 Å². The molecule has 0 atom stereocenters. The first-order valence-corrected chi connectivity index (χ1v) is 4.91. The van der Waals surface area contributed by atoms with Gasteiger partial charge >= 0.3 is 0 Å². The maximum Gasteiger partial charge on any atom is 0.0931 e. The Kier molecular flexibility index (Phi) is 3.53. The van der Waals surface area contributed by atoms with E-state index in [-0.39, 0.29) is 0 Å². The van der Waals surface area contributed by atoms with Crippen LogP contribution in [0.4, 0.5) is 0 Å². The van der Waals surface area contributed by atoms with Gasteiger partial charge in [0, 0.05) is 5.88 Å². The molecule has 1 rings (SSSR count). The van der Waals surface area contributed by atoms with Crippen molar-refractivity contribution >= 4 is 34.5 Å². The number of thiophene rings is 1. The lowest BCUT2D eigenvalue weighted by molar-refractivity contribution is 0.934. The number of hydrogen-bond acceptors (Lipinski definition) is 1. The third-order valence-corrected chi connectivity index (χ3v) is 2.63. The highest BCUT2D eigenvalue weighted by Gasteiger charge is 1.95. The molecule has 0 saturated carbocycles. The van der Waals surface area contributed by atoms with Crippen molar-refractivity contribution in [2.75, 3.05) is 5.88 Å². The zero-order valence-corrected chi connectivity index (χ0v) is 7.77. The number of alkyl halides is 1. The van der Waals surface area contributed by atoms with E-state index in [2.05, 4.69) is 5.38 Å². The molecule has 0 spiro atoms. The quantitative estimate of drug-likeness (QED) is 0.646. The molecule has 0 unspecified atom stereocenters. The molecule has 0 fully saturated rings. The minimum absolute atomic E-state index is 0.730. The Balaban J connectivity index is 2.42. The molecule has 0 nitrogen and oxygen atoms in total. The van der Waals surface area contributed by atoms with E-state index in [4.69, 9.17) is 23.2 Å². The smallest absolute Gasteiger partial charge is 0.0931 e. The van der Waals surface area contributed by atoms with Crippen LogP contribution in [-0.2, 0) is 6.42 Å². The fourth-order valence-corrected chi connectivity index (χ4v) is 1.82. The minimum atomic E-state index is 0.730.